The van der Waals surface area contributed by atoms with Crippen molar-refractivity contribution in [2.24, 2.45) is 0 Å². The highest BCUT2D eigenvalue weighted by Crippen LogP contribution is 2.22. The summed E-state index contributed by atoms with van der Waals surface area (Å²) in [6.07, 6.45) is 2.84. The number of rotatable bonds is 9. The highest BCUT2D eigenvalue weighted by molar-refractivity contribution is 5.92. The summed E-state index contributed by atoms with van der Waals surface area (Å²) in [5.41, 5.74) is 4.43. The van der Waals surface area contributed by atoms with Gasteiger partial charge in [0.1, 0.15) is 0 Å². The molecule has 0 aromatic heterocycles. The summed E-state index contributed by atoms with van der Waals surface area (Å²) in [6.45, 7) is 6.80. The molecule has 0 atom stereocenters. The molecule has 2 rings (SSSR count). The number of hydrogen-bond acceptors (Lipinski definition) is 2. The zero-order valence-electron chi connectivity index (χ0n) is 16.6. The van der Waals surface area contributed by atoms with Crippen LogP contribution in [0.15, 0.2) is 48.5 Å². The van der Waals surface area contributed by atoms with Crippen molar-refractivity contribution < 1.29 is 9.59 Å². The number of amides is 2. The molecule has 0 saturated heterocycles. The lowest BCUT2D eigenvalue weighted by Crippen LogP contribution is -2.33. The normalized spacial score (nSPS) is 10.5. The van der Waals surface area contributed by atoms with Crippen molar-refractivity contribution in [2.45, 2.75) is 46.5 Å². The number of carbonyl (C=O) groups is 2. The number of aryl methyl sites for hydroxylation is 2. The molecule has 0 radical (unpaired) electrons. The molecule has 1 N–H and O–H groups in total. The van der Waals surface area contributed by atoms with E-state index in [2.05, 4.69) is 43.4 Å². The molecule has 4 heteroatoms. The third-order valence-electron chi connectivity index (χ3n) is 4.83. The number of anilines is 1. The van der Waals surface area contributed by atoms with Crippen LogP contribution in [0.2, 0.25) is 0 Å². The highest BCUT2D eigenvalue weighted by Gasteiger charge is 2.14. The second-order valence-corrected chi connectivity index (χ2v) is 6.70. The second kappa shape index (κ2) is 10.5. The largest absolute Gasteiger partial charge is 0.342 e. The Morgan fingerprint density at radius 3 is 2.07 bits per heavy atom. The summed E-state index contributed by atoms with van der Waals surface area (Å²) in [5.74, 6) is -0.0431. The van der Waals surface area contributed by atoms with E-state index in [0.717, 1.165) is 36.1 Å². The number of nitrogens with zero attached hydrogens (tertiary/aromatic N) is 1. The predicted molar refractivity (Wildman–Crippen MR) is 111 cm³/mol. The van der Waals surface area contributed by atoms with E-state index >= 15 is 0 Å². The van der Waals surface area contributed by atoms with Crippen LogP contribution >= 0.6 is 0 Å². The molecule has 2 aromatic carbocycles. The Labute approximate surface area is 162 Å². The molecule has 0 bridgehead atoms. The number of benzene rings is 2. The topological polar surface area (TPSA) is 49.4 Å². The fraction of sp³-hybridized carbons (Fsp3) is 0.391. The summed E-state index contributed by atoms with van der Waals surface area (Å²) in [4.78, 5) is 26.2. The third kappa shape index (κ3) is 6.24. The van der Waals surface area contributed by atoms with E-state index in [-0.39, 0.29) is 11.8 Å². The first kappa shape index (κ1) is 20.7. The first-order valence-corrected chi connectivity index (χ1v) is 9.75. The van der Waals surface area contributed by atoms with Crippen molar-refractivity contribution >= 4 is 17.5 Å². The Balaban J connectivity index is 1.93. The third-order valence-corrected chi connectivity index (χ3v) is 4.83. The molecule has 144 valence electrons. The van der Waals surface area contributed by atoms with Crippen LogP contribution in [0.4, 0.5) is 5.69 Å². The van der Waals surface area contributed by atoms with Gasteiger partial charge < -0.3 is 10.2 Å². The Morgan fingerprint density at radius 2 is 1.52 bits per heavy atom. The lowest BCUT2D eigenvalue weighted by molar-refractivity contribution is -0.129. The lowest BCUT2D eigenvalue weighted by Gasteiger charge is -2.21. The van der Waals surface area contributed by atoms with Gasteiger partial charge in [-0.05, 0) is 36.0 Å². The van der Waals surface area contributed by atoms with Crippen LogP contribution in [0.3, 0.4) is 0 Å². The van der Waals surface area contributed by atoms with E-state index in [1.807, 2.05) is 24.3 Å². The molecule has 0 aliphatic rings. The van der Waals surface area contributed by atoms with Gasteiger partial charge in [-0.3, -0.25) is 9.59 Å². The van der Waals surface area contributed by atoms with Gasteiger partial charge in [0.05, 0.1) is 0 Å². The minimum absolute atomic E-state index is 0.00179. The van der Waals surface area contributed by atoms with Gasteiger partial charge in [0.2, 0.25) is 11.8 Å². The Hall–Kier alpha value is -2.62. The summed E-state index contributed by atoms with van der Waals surface area (Å²) >= 11 is 0. The average Bonchev–Trinajstić information content (AvgIpc) is 2.68. The van der Waals surface area contributed by atoms with Crippen LogP contribution in [-0.2, 0) is 28.9 Å². The van der Waals surface area contributed by atoms with Crippen molar-refractivity contribution in [1.82, 2.24) is 4.90 Å². The zero-order chi connectivity index (χ0) is 19.6. The van der Waals surface area contributed by atoms with Gasteiger partial charge in [0.15, 0.2) is 0 Å². The van der Waals surface area contributed by atoms with Gasteiger partial charge >= 0.3 is 0 Å². The first-order chi connectivity index (χ1) is 13.0. The van der Waals surface area contributed by atoms with E-state index < -0.39 is 0 Å². The second-order valence-electron chi connectivity index (χ2n) is 6.70. The molecule has 2 aromatic rings. The van der Waals surface area contributed by atoms with E-state index in [1.165, 1.54) is 5.56 Å². The maximum absolute atomic E-state index is 12.5. The minimum atomic E-state index is -0.0449. The van der Waals surface area contributed by atoms with E-state index in [9.17, 15) is 9.59 Å². The van der Waals surface area contributed by atoms with Gasteiger partial charge in [0.25, 0.3) is 0 Å². The van der Waals surface area contributed by atoms with Crippen molar-refractivity contribution in [3.05, 3.63) is 65.2 Å². The summed E-state index contributed by atoms with van der Waals surface area (Å²) in [5, 5.41) is 3.07. The predicted octanol–water partition coefficient (Wildman–Crippen LogP) is 4.23. The Bertz CT molecular complexity index is 734. The van der Waals surface area contributed by atoms with Gasteiger partial charge in [-0.15, -0.1) is 0 Å². The fourth-order valence-electron chi connectivity index (χ4n) is 3.18. The van der Waals surface area contributed by atoms with Gasteiger partial charge in [0, 0.05) is 32.1 Å². The van der Waals surface area contributed by atoms with Crippen LogP contribution in [-0.4, -0.2) is 29.8 Å². The van der Waals surface area contributed by atoms with Crippen LogP contribution in [0.1, 0.15) is 43.9 Å². The average molecular weight is 367 g/mol. The maximum atomic E-state index is 12.5. The molecule has 0 spiro atoms. The molecule has 0 aliphatic carbocycles. The number of nitrogens with one attached hydrogen (secondary N) is 1. The first-order valence-electron chi connectivity index (χ1n) is 9.75. The molecule has 0 fully saturated rings. The van der Waals surface area contributed by atoms with E-state index in [4.69, 9.17) is 0 Å². The molecule has 0 aliphatic heterocycles. The fourth-order valence-corrected chi connectivity index (χ4v) is 3.18. The molecular formula is C23H30N2O2. The standard InChI is InChI=1S/C23H30N2O2/c1-4-20-12-9-13-21(5-2)23(20)24-22(27)15-17-25(18(3)26)16-14-19-10-7-6-8-11-19/h6-13H,4-5,14-17H2,1-3H3,(H,24,27). The van der Waals surface area contributed by atoms with Gasteiger partial charge in [-0.2, -0.15) is 0 Å². The molecule has 0 saturated carbocycles. The number of carbonyl (C=O) groups excluding carboxylic acids is 2. The van der Waals surface area contributed by atoms with Crippen LogP contribution in [0.25, 0.3) is 0 Å². The summed E-state index contributed by atoms with van der Waals surface area (Å²) in [6, 6.07) is 16.2. The van der Waals surface area contributed by atoms with Gasteiger partial charge in [-0.1, -0.05) is 62.4 Å². The van der Waals surface area contributed by atoms with Gasteiger partial charge in [-0.25, -0.2) is 0 Å². The molecule has 0 unspecified atom stereocenters. The van der Waals surface area contributed by atoms with Crippen molar-refractivity contribution in [3.8, 4) is 0 Å². The zero-order valence-corrected chi connectivity index (χ0v) is 16.6. The quantitative estimate of drug-likeness (QED) is 0.722. The lowest BCUT2D eigenvalue weighted by atomic mass is 10.0. The molecule has 4 nitrogen and oxygen atoms in total. The Kier molecular flexibility index (Phi) is 8.05. The summed E-state index contributed by atoms with van der Waals surface area (Å²) in [7, 11) is 0. The molecule has 27 heavy (non-hydrogen) atoms. The number of hydrogen-bond donors (Lipinski definition) is 1. The van der Waals surface area contributed by atoms with Crippen molar-refractivity contribution in [1.29, 1.82) is 0 Å². The van der Waals surface area contributed by atoms with E-state index in [0.29, 0.717) is 19.5 Å². The van der Waals surface area contributed by atoms with Crippen molar-refractivity contribution in [3.63, 3.8) is 0 Å². The van der Waals surface area contributed by atoms with Crippen LogP contribution < -0.4 is 5.32 Å². The minimum Gasteiger partial charge on any atom is -0.342 e. The SMILES string of the molecule is CCc1cccc(CC)c1NC(=O)CCN(CCc1ccccc1)C(C)=O. The Morgan fingerprint density at radius 1 is 0.889 bits per heavy atom. The maximum Gasteiger partial charge on any atom is 0.226 e. The molecule has 0 heterocycles. The van der Waals surface area contributed by atoms with E-state index in [1.54, 1.807) is 11.8 Å². The smallest absolute Gasteiger partial charge is 0.226 e. The summed E-state index contributed by atoms with van der Waals surface area (Å²) < 4.78 is 0. The monoisotopic (exact) mass is 366 g/mol. The van der Waals surface area contributed by atoms with Crippen molar-refractivity contribution in [2.75, 3.05) is 18.4 Å². The van der Waals surface area contributed by atoms with Crippen LogP contribution in [0, 0.1) is 0 Å². The molecular weight excluding hydrogens is 336 g/mol. The van der Waals surface area contributed by atoms with Crippen LogP contribution in [0.5, 0.6) is 0 Å². The number of para-hydroxylation sites is 1. The molecule has 2 amide bonds. The highest BCUT2D eigenvalue weighted by atomic mass is 16.2.